The molecule has 0 bridgehead atoms. The minimum Gasteiger partial charge on any atom is -0.487 e. The van der Waals surface area contributed by atoms with Crippen LogP contribution in [-0.4, -0.2) is 16.2 Å². The molecule has 3 rings (SSSR count). The predicted octanol–water partition coefficient (Wildman–Crippen LogP) is 3.45. The van der Waals surface area contributed by atoms with Crippen LogP contribution < -0.4 is 4.74 Å². The van der Waals surface area contributed by atoms with Gasteiger partial charge in [0.1, 0.15) is 23.6 Å². The summed E-state index contributed by atoms with van der Waals surface area (Å²) in [5.41, 5.74) is 2.55. The standard InChI is InChI=1S/C16H17NO4/c1-9-4-3-5-10(2)14(9)20-8-12-13(16(18)19)15(21-17-12)11-6-7-11/h3-5,11H,6-8H2,1-2H3,(H,18,19). The van der Waals surface area contributed by atoms with Crippen molar-refractivity contribution in [3.63, 3.8) is 0 Å². The third-order valence-corrected chi connectivity index (χ3v) is 3.71. The van der Waals surface area contributed by atoms with Gasteiger partial charge in [-0.05, 0) is 37.8 Å². The van der Waals surface area contributed by atoms with E-state index in [0.717, 1.165) is 29.7 Å². The number of benzene rings is 1. The quantitative estimate of drug-likeness (QED) is 0.911. The molecule has 0 radical (unpaired) electrons. The van der Waals surface area contributed by atoms with Crippen molar-refractivity contribution < 1.29 is 19.2 Å². The van der Waals surface area contributed by atoms with Gasteiger partial charge in [-0.2, -0.15) is 0 Å². The molecule has 0 aliphatic heterocycles. The average molecular weight is 287 g/mol. The Labute approximate surface area is 122 Å². The Morgan fingerprint density at radius 3 is 2.62 bits per heavy atom. The van der Waals surface area contributed by atoms with Crippen LogP contribution in [0.4, 0.5) is 0 Å². The van der Waals surface area contributed by atoms with Crippen LogP contribution in [0, 0.1) is 13.8 Å². The monoisotopic (exact) mass is 287 g/mol. The van der Waals surface area contributed by atoms with Crippen LogP contribution in [-0.2, 0) is 6.61 Å². The fourth-order valence-electron chi connectivity index (χ4n) is 2.46. The Hall–Kier alpha value is -2.30. The van der Waals surface area contributed by atoms with E-state index in [-0.39, 0.29) is 18.1 Å². The number of aromatic carboxylic acids is 1. The van der Waals surface area contributed by atoms with Gasteiger partial charge in [0.05, 0.1) is 0 Å². The maximum atomic E-state index is 11.4. The molecule has 21 heavy (non-hydrogen) atoms. The molecule has 110 valence electrons. The Morgan fingerprint density at radius 1 is 1.38 bits per heavy atom. The topological polar surface area (TPSA) is 72.6 Å². The fraction of sp³-hybridized carbons (Fsp3) is 0.375. The first-order chi connectivity index (χ1) is 10.1. The van der Waals surface area contributed by atoms with Gasteiger partial charge in [0, 0.05) is 5.92 Å². The number of carbonyl (C=O) groups is 1. The van der Waals surface area contributed by atoms with Gasteiger partial charge in [-0.15, -0.1) is 0 Å². The molecule has 1 aromatic heterocycles. The summed E-state index contributed by atoms with van der Waals surface area (Å²) in [6.45, 7) is 4.02. The van der Waals surface area contributed by atoms with Crippen LogP contribution in [0.3, 0.4) is 0 Å². The van der Waals surface area contributed by atoms with Crippen molar-refractivity contribution in [2.75, 3.05) is 0 Å². The highest BCUT2D eigenvalue weighted by Gasteiger charge is 2.35. The van der Waals surface area contributed by atoms with Crippen LogP contribution in [0.25, 0.3) is 0 Å². The third-order valence-electron chi connectivity index (χ3n) is 3.71. The van der Waals surface area contributed by atoms with Crippen molar-refractivity contribution in [2.45, 2.75) is 39.2 Å². The van der Waals surface area contributed by atoms with Gasteiger partial charge in [-0.3, -0.25) is 0 Å². The van der Waals surface area contributed by atoms with Crippen LogP contribution in [0.15, 0.2) is 22.7 Å². The molecule has 5 heteroatoms. The smallest absolute Gasteiger partial charge is 0.341 e. The number of aromatic nitrogens is 1. The largest absolute Gasteiger partial charge is 0.487 e. The second-order valence-corrected chi connectivity index (χ2v) is 5.46. The zero-order chi connectivity index (χ0) is 15.0. The molecule has 0 amide bonds. The van der Waals surface area contributed by atoms with E-state index in [2.05, 4.69) is 5.16 Å². The fourth-order valence-corrected chi connectivity index (χ4v) is 2.46. The number of carboxylic acid groups (broad SMARTS) is 1. The first-order valence-corrected chi connectivity index (χ1v) is 6.98. The van der Waals surface area contributed by atoms with Crippen LogP contribution in [0.2, 0.25) is 0 Å². The van der Waals surface area contributed by atoms with E-state index in [0.29, 0.717) is 11.5 Å². The van der Waals surface area contributed by atoms with Crippen molar-refractivity contribution >= 4 is 5.97 Å². The van der Waals surface area contributed by atoms with Gasteiger partial charge in [0.15, 0.2) is 5.76 Å². The summed E-state index contributed by atoms with van der Waals surface area (Å²) < 4.78 is 11.0. The van der Waals surface area contributed by atoms with Crippen molar-refractivity contribution in [3.8, 4) is 5.75 Å². The first-order valence-electron chi connectivity index (χ1n) is 6.98. The second kappa shape index (κ2) is 5.24. The van der Waals surface area contributed by atoms with E-state index in [4.69, 9.17) is 9.26 Å². The van der Waals surface area contributed by atoms with Crippen molar-refractivity contribution in [1.29, 1.82) is 0 Å². The summed E-state index contributed by atoms with van der Waals surface area (Å²) in [5.74, 6) is 0.461. The lowest BCUT2D eigenvalue weighted by Gasteiger charge is -2.10. The Bertz CT molecular complexity index is 665. The molecular weight excluding hydrogens is 270 g/mol. The molecular formula is C16H17NO4. The number of nitrogens with zero attached hydrogens (tertiary/aromatic N) is 1. The first kappa shape index (κ1) is 13.7. The summed E-state index contributed by atoms with van der Waals surface area (Å²) in [4.78, 5) is 11.4. The molecule has 1 aliphatic rings. The number of aryl methyl sites for hydroxylation is 2. The van der Waals surface area contributed by atoms with Gasteiger partial charge >= 0.3 is 5.97 Å². The molecule has 0 spiro atoms. The number of hydrogen-bond acceptors (Lipinski definition) is 4. The molecule has 0 unspecified atom stereocenters. The lowest BCUT2D eigenvalue weighted by Crippen LogP contribution is -2.07. The minimum absolute atomic E-state index is 0.101. The highest BCUT2D eigenvalue weighted by atomic mass is 16.5. The maximum absolute atomic E-state index is 11.4. The Balaban J connectivity index is 1.84. The maximum Gasteiger partial charge on any atom is 0.341 e. The molecule has 1 aromatic carbocycles. The average Bonchev–Trinajstić information content (AvgIpc) is 3.18. The zero-order valence-corrected chi connectivity index (χ0v) is 12.0. The van der Waals surface area contributed by atoms with E-state index in [1.54, 1.807) is 0 Å². The Morgan fingerprint density at radius 2 is 2.05 bits per heavy atom. The Kier molecular flexibility index (Phi) is 3.41. The van der Waals surface area contributed by atoms with E-state index >= 15 is 0 Å². The molecule has 1 aliphatic carbocycles. The summed E-state index contributed by atoms with van der Waals surface area (Å²) in [5, 5.41) is 13.3. The number of carboxylic acids is 1. The van der Waals surface area contributed by atoms with Gasteiger partial charge in [-0.25, -0.2) is 4.79 Å². The molecule has 1 saturated carbocycles. The highest BCUT2D eigenvalue weighted by molar-refractivity contribution is 5.90. The number of rotatable bonds is 5. The van der Waals surface area contributed by atoms with E-state index in [1.807, 2.05) is 32.0 Å². The molecule has 0 atom stereocenters. The third kappa shape index (κ3) is 2.63. The highest BCUT2D eigenvalue weighted by Crippen LogP contribution is 2.42. The molecule has 1 fully saturated rings. The van der Waals surface area contributed by atoms with Crippen molar-refractivity contribution in [2.24, 2.45) is 0 Å². The van der Waals surface area contributed by atoms with Crippen molar-refractivity contribution in [1.82, 2.24) is 5.16 Å². The van der Waals surface area contributed by atoms with Crippen LogP contribution in [0.5, 0.6) is 5.75 Å². The molecule has 5 nitrogen and oxygen atoms in total. The minimum atomic E-state index is -1.00. The zero-order valence-electron chi connectivity index (χ0n) is 12.0. The van der Waals surface area contributed by atoms with Gasteiger partial charge < -0.3 is 14.4 Å². The van der Waals surface area contributed by atoms with E-state index in [9.17, 15) is 9.90 Å². The summed E-state index contributed by atoms with van der Waals surface area (Å²) >= 11 is 0. The molecule has 0 saturated heterocycles. The predicted molar refractivity (Wildman–Crippen MR) is 75.7 cm³/mol. The molecule has 2 aromatic rings. The van der Waals surface area contributed by atoms with Crippen molar-refractivity contribution in [3.05, 3.63) is 46.3 Å². The second-order valence-electron chi connectivity index (χ2n) is 5.46. The van der Waals surface area contributed by atoms with E-state index < -0.39 is 5.97 Å². The molecule has 1 N–H and O–H groups in total. The van der Waals surface area contributed by atoms with E-state index in [1.165, 1.54) is 0 Å². The SMILES string of the molecule is Cc1cccc(C)c1OCc1noc(C2CC2)c1C(=O)O. The van der Waals surface area contributed by atoms with Gasteiger partial charge in [0.2, 0.25) is 0 Å². The van der Waals surface area contributed by atoms with Crippen LogP contribution in [0.1, 0.15) is 51.7 Å². The normalized spacial score (nSPS) is 14.2. The summed E-state index contributed by atoms with van der Waals surface area (Å²) in [6.07, 6.45) is 1.93. The number of para-hydroxylation sites is 1. The van der Waals surface area contributed by atoms with Gasteiger partial charge in [-0.1, -0.05) is 23.4 Å². The lowest BCUT2D eigenvalue weighted by atomic mass is 10.1. The van der Waals surface area contributed by atoms with Gasteiger partial charge in [0.25, 0.3) is 0 Å². The molecule has 1 heterocycles. The summed E-state index contributed by atoms with van der Waals surface area (Å²) in [6, 6.07) is 5.87. The number of ether oxygens (including phenoxy) is 1. The lowest BCUT2D eigenvalue weighted by molar-refractivity contribution is 0.0691. The van der Waals surface area contributed by atoms with Crippen LogP contribution >= 0.6 is 0 Å². The summed E-state index contributed by atoms with van der Waals surface area (Å²) in [7, 11) is 0. The number of hydrogen-bond donors (Lipinski definition) is 1.